The Bertz CT molecular complexity index is 1620. The lowest BCUT2D eigenvalue weighted by atomic mass is 9.32. The van der Waals surface area contributed by atoms with Crippen molar-refractivity contribution in [2.45, 2.75) is 95.9 Å². The molecule has 5 nitrogen and oxygen atoms in total. The van der Waals surface area contributed by atoms with Gasteiger partial charge in [0.15, 0.2) is 5.78 Å². The fraction of sp³-hybridized carbons (Fsp3) is 0.615. The lowest BCUT2D eigenvalue weighted by molar-refractivity contribution is -0.178. The normalized spacial score (nSPS) is 42.7. The van der Waals surface area contributed by atoms with Crippen molar-refractivity contribution in [2.75, 3.05) is 19.6 Å². The second-order valence-electron chi connectivity index (χ2n) is 16.4. The van der Waals surface area contributed by atoms with Crippen LogP contribution in [0.3, 0.4) is 0 Å². The maximum absolute atomic E-state index is 14.6. The Kier molecular flexibility index (Phi) is 7.08. The van der Waals surface area contributed by atoms with E-state index in [4.69, 9.17) is 11.6 Å². The Labute approximate surface area is 282 Å². The van der Waals surface area contributed by atoms with E-state index in [9.17, 15) is 20.1 Å². The number of piperidine rings is 1. The number of ketones is 1. The van der Waals surface area contributed by atoms with Gasteiger partial charge in [0.1, 0.15) is 0 Å². The minimum atomic E-state index is -0.885. The van der Waals surface area contributed by atoms with Crippen molar-refractivity contribution in [3.05, 3.63) is 80.5 Å². The number of aryl methyl sites for hydroxylation is 1. The number of aliphatic hydroxyl groups excluding tert-OH is 1. The topological polar surface area (TPSA) is 81.0 Å². The van der Waals surface area contributed by atoms with Gasteiger partial charge in [-0.15, -0.1) is 11.3 Å². The van der Waals surface area contributed by atoms with Crippen molar-refractivity contribution in [1.82, 2.24) is 4.90 Å². The monoisotopic (exact) mass is 661 g/mol. The van der Waals surface area contributed by atoms with Gasteiger partial charge in [0.2, 0.25) is 0 Å². The molecule has 46 heavy (non-hydrogen) atoms. The van der Waals surface area contributed by atoms with Gasteiger partial charge in [-0.2, -0.15) is 0 Å². The highest BCUT2D eigenvalue weighted by Gasteiger charge is 2.74. The van der Waals surface area contributed by atoms with E-state index in [-0.39, 0.29) is 34.1 Å². The number of β-amino-alcohol motifs (C(OH)–C–C–N with tert-alkyl or cyclic N) is 1. The molecular formula is C39H48ClNO4S. The number of Topliss-reactive ketones (excluding diaryl/α,β-unsaturated/α-hetero) is 1. The summed E-state index contributed by atoms with van der Waals surface area (Å²) in [7, 11) is 0. The van der Waals surface area contributed by atoms with Crippen LogP contribution in [-0.4, -0.2) is 57.3 Å². The molecule has 0 radical (unpaired) electrons. The smallest absolute Gasteiger partial charge is 0.199 e. The molecule has 1 saturated heterocycles. The minimum absolute atomic E-state index is 0.0306. The molecule has 2 aromatic rings. The number of allylic oxidation sites excluding steroid dienone is 4. The molecule has 3 saturated carbocycles. The molecule has 2 spiro atoms. The summed E-state index contributed by atoms with van der Waals surface area (Å²) in [4.78, 5) is 18.9. The second kappa shape index (κ2) is 10.4. The van der Waals surface area contributed by atoms with E-state index in [1.165, 1.54) is 0 Å². The predicted molar refractivity (Wildman–Crippen MR) is 183 cm³/mol. The molecule has 7 heteroatoms. The van der Waals surface area contributed by atoms with Crippen LogP contribution in [0.5, 0.6) is 0 Å². The van der Waals surface area contributed by atoms with Crippen LogP contribution in [0.1, 0.15) is 91.7 Å². The summed E-state index contributed by atoms with van der Waals surface area (Å²) < 4.78 is 0. The SMILES string of the molecule is Cc1ccc(C(=O)C2=C[C@@]34C=C[C@@]25[C@@H]2CC[C@@](O)(CN6CCC(O)(c7ccc(Cl)cc7)CC6)[C@@]2(C)CC[C@@H]5[C@@]3(C)CCC(O)C4)s1. The van der Waals surface area contributed by atoms with Gasteiger partial charge in [-0.05, 0) is 112 Å². The van der Waals surface area contributed by atoms with Crippen LogP contribution >= 0.6 is 22.9 Å². The summed E-state index contributed by atoms with van der Waals surface area (Å²) >= 11 is 7.69. The third-order valence-corrected chi connectivity index (χ3v) is 15.7. The van der Waals surface area contributed by atoms with E-state index < -0.39 is 16.6 Å². The first kappa shape index (κ1) is 31.5. The van der Waals surface area contributed by atoms with E-state index in [1.54, 1.807) is 11.3 Å². The van der Waals surface area contributed by atoms with E-state index in [1.807, 2.05) is 36.4 Å². The van der Waals surface area contributed by atoms with Gasteiger partial charge in [0, 0.05) is 51.4 Å². The summed E-state index contributed by atoms with van der Waals surface area (Å²) in [6.07, 6.45) is 13.9. The van der Waals surface area contributed by atoms with Crippen LogP contribution in [-0.2, 0) is 5.60 Å². The van der Waals surface area contributed by atoms with E-state index in [0.717, 1.165) is 66.1 Å². The van der Waals surface area contributed by atoms with E-state index in [0.29, 0.717) is 43.2 Å². The molecule has 4 fully saturated rings. The standard InChI is InChI=1S/C39H48ClNO4S/c1-25-4-9-30(46-25)33(43)29-23-36-16-17-39(29)31(34(36,2)13-10-28(42)22-36)11-14-35(3)32(39)12-15-38(35,45)24-41-20-18-37(44,19-21-41)26-5-7-27(40)8-6-26/h4-9,16-17,23,28,31-32,42,44-45H,10-15,18-22,24H2,1-3H3/t28?,31-,32-,34-,35+,36+,38-,39-/m1/s1. The minimum Gasteiger partial charge on any atom is -0.393 e. The second-order valence-corrected chi connectivity index (χ2v) is 18.1. The number of thiophene rings is 1. The highest BCUT2D eigenvalue weighted by molar-refractivity contribution is 7.14. The van der Waals surface area contributed by atoms with Gasteiger partial charge in [-0.25, -0.2) is 0 Å². The van der Waals surface area contributed by atoms with Crippen molar-refractivity contribution >= 4 is 28.7 Å². The number of likely N-dealkylation sites (tertiary alicyclic amines) is 1. The van der Waals surface area contributed by atoms with Gasteiger partial charge in [-0.1, -0.05) is 55.8 Å². The Balaban J connectivity index is 1.13. The van der Waals surface area contributed by atoms with Gasteiger partial charge in [0.25, 0.3) is 0 Å². The summed E-state index contributed by atoms with van der Waals surface area (Å²) in [5.74, 6) is 0.590. The summed E-state index contributed by atoms with van der Waals surface area (Å²) in [6.45, 7) is 8.85. The molecule has 9 rings (SSSR count). The first-order chi connectivity index (χ1) is 21.8. The van der Waals surface area contributed by atoms with Gasteiger partial charge in [-0.3, -0.25) is 4.79 Å². The average Bonchev–Trinajstić information content (AvgIpc) is 3.58. The molecule has 2 bridgehead atoms. The fourth-order valence-electron chi connectivity index (χ4n) is 11.8. The van der Waals surface area contributed by atoms with Crippen LogP contribution in [0.15, 0.2) is 60.2 Å². The summed E-state index contributed by atoms with van der Waals surface area (Å²) in [5.41, 5.74) is -1.06. The number of carbonyl (C=O) groups excluding carboxylic acids is 1. The molecule has 7 aliphatic rings. The molecule has 8 atom stereocenters. The third-order valence-electron chi connectivity index (χ3n) is 14.5. The highest BCUT2D eigenvalue weighted by atomic mass is 35.5. The molecule has 2 heterocycles. The molecule has 246 valence electrons. The predicted octanol–water partition coefficient (Wildman–Crippen LogP) is 7.47. The first-order valence-electron chi connectivity index (χ1n) is 17.4. The number of aliphatic hydroxyl groups is 3. The molecule has 0 amide bonds. The first-order valence-corrected chi connectivity index (χ1v) is 18.6. The number of fused-ring (bicyclic) bond motifs is 1. The molecule has 3 N–H and O–H groups in total. The number of hydrogen-bond acceptors (Lipinski definition) is 6. The molecule has 1 aromatic heterocycles. The molecule has 1 aromatic carbocycles. The van der Waals surface area contributed by atoms with Crippen LogP contribution in [0, 0.1) is 40.4 Å². The Hall–Kier alpha value is -1.80. The number of hydrogen-bond donors (Lipinski definition) is 3. The van der Waals surface area contributed by atoms with Crippen LogP contribution in [0.2, 0.25) is 5.02 Å². The Morgan fingerprint density at radius 2 is 1.59 bits per heavy atom. The highest BCUT2D eigenvalue weighted by Crippen LogP contribution is 2.78. The molecular weight excluding hydrogens is 614 g/mol. The number of rotatable bonds is 5. The lowest BCUT2D eigenvalue weighted by Crippen LogP contribution is -2.67. The van der Waals surface area contributed by atoms with Gasteiger partial charge in [0.05, 0.1) is 22.2 Å². The average molecular weight is 662 g/mol. The van der Waals surface area contributed by atoms with Crippen molar-refractivity contribution in [1.29, 1.82) is 0 Å². The zero-order valence-corrected chi connectivity index (χ0v) is 29.0. The van der Waals surface area contributed by atoms with Crippen LogP contribution in [0.4, 0.5) is 0 Å². The van der Waals surface area contributed by atoms with Gasteiger partial charge >= 0.3 is 0 Å². The molecule has 6 aliphatic carbocycles. The molecule has 1 unspecified atom stereocenters. The van der Waals surface area contributed by atoms with Crippen molar-refractivity contribution in [2.24, 2.45) is 33.5 Å². The Morgan fingerprint density at radius 1 is 0.913 bits per heavy atom. The largest absolute Gasteiger partial charge is 0.393 e. The molecule has 1 aliphatic heterocycles. The van der Waals surface area contributed by atoms with Crippen molar-refractivity contribution < 1.29 is 20.1 Å². The van der Waals surface area contributed by atoms with Crippen LogP contribution in [0.25, 0.3) is 0 Å². The van der Waals surface area contributed by atoms with Crippen molar-refractivity contribution in [3.8, 4) is 0 Å². The quantitative estimate of drug-likeness (QED) is 0.229. The number of nitrogens with zero attached hydrogens (tertiary/aromatic N) is 1. The zero-order chi connectivity index (χ0) is 32.3. The van der Waals surface area contributed by atoms with Crippen molar-refractivity contribution in [3.63, 3.8) is 0 Å². The maximum atomic E-state index is 14.6. The third kappa shape index (κ3) is 4.16. The summed E-state index contributed by atoms with van der Waals surface area (Å²) in [6, 6.07) is 11.6. The number of carbonyl (C=O) groups is 1. The van der Waals surface area contributed by atoms with E-state index >= 15 is 0 Å². The lowest BCUT2D eigenvalue weighted by Gasteiger charge is -2.71. The van der Waals surface area contributed by atoms with Gasteiger partial charge < -0.3 is 20.2 Å². The van der Waals surface area contributed by atoms with E-state index in [2.05, 4.69) is 43.9 Å². The Morgan fingerprint density at radius 3 is 2.28 bits per heavy atom. The van der Waals surface area contributed by atoms with Crippen LogP contribution < -0.4 is 0 Å². The fourth-order valence-corrected chi connectivity index (χ4v) is 12.7. The number of benzene rings is 1. The summed E-state index contributed by atoms with van der Waals surface area (Å²) in [5, 5.41) is 35.9. The number of halogens is 1. The maximum Gasteiger partial charge on any atom is 0.199 e. The zero-order valence-electron chi connectivity index (χ0n) is 27.4.